The summed E-state index contributed by atoms with van der Waals surface area (Å²) in [6.07, 6.45) is -4.74. The van der Waals surface area contributed by atoms with Gasteiger partial charge >= 0.3 is 6.18 Å². The number of rotatable bonds is 2. The van der Waals surface area contributed by atoms with Crippen LogP contribution in [0.2, 0.25) is 5.28 Å². The Kier molecular flexibility index (Phi) is 3.95. The van der Waals surface area contributed by atoms with Crippen molar-refractivity contribution >= 4 is 11.6 Å². The van der Waals surface area contributed by atoms with Crippen molar-refractivity contribution in [2.75, 3.05) is 0 Å². The smallest absolute Gasteiger partial charge is 0.433 e. The summed E-state index contributed by atoms with van der Waals surface area (Å²) in [4.78, 5) is 6.44. The zero-order valence-electron chi connectivity index (χ0n) is 9.95. The highest BCUT2D eigenvalue weighted by Crippen LogP contribution is 2.32. The van der Waals surface area contributed by atoms with Crippen molar-refractivity contribution in [2.24, 2.45) is 0 Å². The quantitative estimate of drug-likeness (QED) is 0.621. The molecule has 0 spiro atoms. The number of aromatic nitrogens is 2. The Bertz CT molecular complexity index is 727. The molecule has 1 aromatic heterocycles. The minimum atomic E-state index is -4.74. The monoisotopic (exact) mass is 317 g/mol. The Morgan fingerprint density at radius 3 is 2.48 bits per heavy atom. The van der Waals surface area contributed by atoms with Gasteiger partial charge < -0.3 is 4.74 Å². The van der Waals surface area contributed by atoms with Crippen molar-refractivity contribution in [1.29, 1.82) is 5.26 Å². The number of halogens is 5. The van der Waals surface area contributed by atoms with Crippen LogP contribution in [0.25, 0.3) is 0 Å². The van der Waals surface area contributed by atoms with Gasteiger partial charge in [-0.3, -0.25) is 0 Å². The van der Waals surface area contributed by atoms with Gasteiger partial charge in [-0.1, -0.05) is 0 Å². The van der Waals surface area contributed by atoms with Gasteiger partial charge in [0, 0.05) is 6.07 Å². The first-order valence-corrected chi connectivity index (χ1v) is 5.66. The molecule has 108 valence electrons. The number of hydrogen-bond acceptors (Lipinski definition) is 4. The van der Waals surface area contributed by atoms with Crippen molar-refractivity contribution in [2.45, 2.75) is 6.18 Å². The Balaban J connectivity index is 2.36. The standard InChI is InChI=1S/C12H4ClF4N3O/c13-11-19-9(12(15,16)17)4-10(20-11)21-8-2-1-6(5-18)3-7(8)14/h1-4H. The molecule has 1 aromatic carbocycles. The highest BCUT2D eigenvalue weighted by Gasteiger charge is 2.34. The normalized spacial score (nSPS) is 11.0. The van der Waals surface area contributed by atoms with Gasteiger partial charge in [-0.15, -0.1) is 0 Å². The predicted octanol–water partition coefficient (Wildman–Crippen LogP) is 3.95. The van der Waals surface area contributed by atoms with Crippen LogP contribution in [-0.2, 0) is 6.18 Å². The molecular formula is C12H4ClF4N3O. The molecule has 0 saturated heterocycles. The minimum absolute atomic E-state index is 0.0385. The lowest BCUT2D eigenvalue weighted by molar-refractivity contribution is -0.141. The zero-order chi connectivity index (χ0) is 15.6. The Labute approximate surface area is 120 Å². The van der Waals surface area contributed by atoms with E-state index in [1.165, 1.54) is 6.07 Å². The Morgan fingerprint density at radius 1 is 1.19 bits per heavy atom. The average molecular weight is 318 g/mol. The van der Waals surface area contributed by atoms with Gasteiger partial charge in [0.05, 0.1) is 11.6 Å². The fourth-order valence-electron chi connectivity index (χ4n) is 1.36. The minimum Gasteiger partial charge on any atom is -0.436 e. The van der Waals surface area contributed by atoms with Gasteiger partial charge in [-0.25, -0.2) is 9.37 Å². The number of alkyl halides is 3. The van der Waals surface area contributed by atoms with E-state index in [0.29, 0.717) is 6.07 Å². The lowest BCUT2D eigenvalue weighted by Gasteiger charge is -2.09. The first-order valence-electron chi connectivity index (χ1n) is 5.29. The van der Waals surface area contributed by atoms with Crippen molar-refractivity contribution in [3.63, 3.8) is 0 Å². The third-order valence-corrected chi connectivity index (χ3v) is 2.41. The van der Waals surface area contributed by atoms with Crippen molar-refractivity contribution in [3.8, 4) is 17.7 Å². The van der Waals surface area contributed by atoms with Crippen LogP contribution >= 0.6 is 11.6 Å². The zero-order valence-corrected chi connectivity index (χ0v) is 10.7. The maximum absolute atomic E-state index is 13.6. The van der Waals surface area contributed by atoms with Gasteiger partial charge in [0.15, 0.2) is 17.3 Å². The summed E-state index contributed by atoms with van der Waals surface area (Å²) >= 11 is 5.37. The van der Waals surface area contributed by atoms with E-state index in [4.69, 9.17) is 21.6 Å². The predicted molar refractivity (Wildman–Crippen MR) is 63.2 cm³/mol. The summed E-state index contributed by atoms with van der Waals surface area (Å²) in [5, 5.41) is 7.90. The molecule has 0 radical (unpaired) electrons. The van der Waals surface area contributed by atoms with Crippen molar-refractivity contribution in [3.05, 3.63) is 46.6 Å². The maximum atomic E-state index is 13.6. The number of ether oxygens (including phenoxy) is 1. The highest BCUT2D eigenvalue weighted by atomic mass is 35.5. The first-order chi connectivity index (χ1) is 9.79. The van der Waals surface area contributed by atoms with Gasteiger partial charge in [-0.2, -0.15) is 23.4 Å². The molecule has 0 N–H and O–H groups in total. The molecule has 2 rings (SSSR count). The van der Waals surface area contributed by atoms with E-state index in [9.17, 15) is 17.6 Å². The van der Waals surface area contributed by atoms with Crippen LogP contribution in [0.3, 0.4) is 0 Å². The maximum Gasteiger partial charge on any atom is 0.433 e. The van der Waals surface area contributed by atoms with E-state index in [0.717, 1.165) is 12.1 Å². The van der Waals surface area contributed by atoms with E-state index >= 15 is 0 Å². The van der Waals surface area contributed by atoms with Crippen LogP contribution < -0.4 is 4.74 Å². The summed E-state index contributed by atoms with van der Waals surface area (Å²) in [6.45, 7) is 0. The number of nitriles is 1. The Morgan fingerprint density at radius 2 is 1.90 bits per heavy atom. The fourth-order valence-corrected chi connectivity index (χ4v) is 1.53. The number of hydrogen-bond donors (Lipinski definition) is 0. The summed E-state index contributed by atoms with van der Waals surface area (Å²) in [5.74, 6) is -1.87. The number of nitrogens with zero attached hydrogens (tertiary/aromatic N) is 3. The fraction of sp³-hybridized carbons (Fsp3) is 0.0833. The second kappa shape index (κ2) is 5.54. The molecule has 21 heavy (non-hydrogen) atoms. The molecule has 0 unspecified atom stereocenters. The third kappa shape index (κ3) is 3.58. The summed E-state index contributed by atoms with van der Waals surface area (Å²) in [5.41, 5.74) is -1.27. The van der Waals surface area contributed by atoms with E-state index in [1.54, 1.807) is 6.07 Å². The first kappa shape index (κ1) is 15.0. The van der Waals surface area contributed by atoms with Crippen LogP contribution in [-0.4, -0.2) is 9.97 Å². The second-order valence-corrected chi connectivity index (χ2v) is 4.06. The van der Waals surface area contributed by atoms with Crippen LogP contribution in [0.1, 0.15) is 11.3 Å². The van der Waals surface area contributed by atoms with Gasteiger partial charge in [-0.05, 0) is 29.8 Å². The average Bonchev–Trinajstić information content (AvgIpc) is 2.39. The molecule has 0 aliphatic heterocycles. The van der Waals surface area contributed by atoms with Crippen LogP contribution in [0.15, 0.2) is 24.3 Å². The summed E-state index contributed by atoms with van der Waals surface area (Å²) in [6, 6.07) is 5.41. The van der Waals surface area contributed by atoms with Crippen molar-refractivity contribution in [1.82, 2.24) is 9.97 Å². The molecule has 2 aromatic rings. The molecule has 0 aliphatic carbocycles. The van der Waals surface area contributed by atoms with E-state index < -0.39 is 34.6 Å². The largest absolute Gasteiger partial charge is 0.436 e. The van der Waals surface area contributed by atoms with E-state index in [-0.39, 0.29) is 5.56 Å². The van der Waals surface area contributed by atoms with Gasteiger partial charge in [0.25, 0.3) is 0 Å². The van der Waals surface area contributed by atoms with Gasteiger partial charge in [0.2, 0.25) is 11.2 Å². The third-order valence-electron chi connectivity index (χ3n) is 2.24. The SMILES string of the molecule is N#Cc1ccc(Oc2cc(C(F)(F)F)nc(Cl)n2)c(F)c1. The molecule has 0 aliphatic rings. The number of benzene rings is 1. The molecular weight excluding hydrogens is 314 g/mol. The molecule has 1 heterocycles. The summed E-state index contributed by atoms with van der Waals surface area (Å²) < 4.78 is 56.1. The van der Waals surface area contributed by atoms with Gasteiger partial charge in [0.1, 0.15) is 0 Å². The van der Waals surface area contributed by atoms with Crippen LogP contribution in [0, 0.1) is 17.1 Å². The van der Waals surface area contributed by atoms with Crippen LogP contribution in [0.5, 0.6) is 11.6 Å². The topological polar surface area (TPSA) is 58.8 Å². The van der Waals surface area contributed by atoms with E-state index in [2.05, 4.69) is 9.97 Å². The molecule has 0 bridgehead atoms. The molecule has 4 nitrogen and oxygen atoms in total. The lowest BCUT2D eigenvalue weighted by Crippen LogP contribution is -2.09. The van der Waals surface area contributed by atoms with E-state index in [1.807, 2.05) is 0 Å². The van der Waals surface area contributed by atoms with Crippen molar-refractivity contribution < 1.29 is 22.3 Å². The second-order valence-electron chi connectivity index (χ2n) is 3.72. The molecule has 0 amide bonds. The molecule has 0 saturated carbocycles. The van der Waals surface area contributed by atoms with Crippen LogP contribution in [0.4, 0.5) is 17.6 Å². The highest BCUT2D eigenvalue weighted by molar-refractivity contribution is 6.28. The molecule has 0 atom stereocenters. The lowest BCUT2D eigenvalue weighted by atomic mass is 10.2. The summed E-state index contributed by atoms with van der Waals surface area (Å²) in [7, 11) is 0. The molecule has 9 heteroatoms. The molecule has 0 fully saturated rings. The Hall–Kier alpha value is -2.40.